The van der Waals surface area contributed by atoms with E-state index in [9.17, 15) is 9.59 Å². The number of nitrogens with zero attached hydrogens (tertiary/aromatic N) is 1. The summed E-state index contributed by atoms with van der Waals surface area (Å²) in [6.45, 7) is 11.6. The lowest BCUT2D eigenvalue weighted by atomic mass is 10.0. The van der Waals surface area contributed by atoms with Crippen LogP contribution in [0.3, 0.4) is 0 Å². The molecule has 0 aliphatic carbocycles. The van der Waals surface area contributed by atoms with Crippen molar-refractivity contribution < 1.29 is 23.8 Å². The Hall–Kier alpha value is -1.30. The van der Waals surface area contributed by atoms with Crippen molar-refractivity contribution in [2.75, 3.05) is 13.7 Å². The van der Waals surface area contributed by atoms with Crippen LogP contribution in [0, 0.1) is 5.92 Å². The standard InChI is InChI=1S/C15H27NO5/c1-8-10(2)11(12(17)19-7)21-13(18)16-14(3,4)9-20-15(16,5)6/h10-11H,8-9H2,1-7H3/t10-,11-/m1/s1. The number of carbonyl (C=O) groups is 2. The minimum atomic E-state index is -0.903. The lowest BCUT2D eigenvalue weighted by Crippen LogP contribution is -2.54. The van der Waals surface area contributed by atoms with Gasteiger partial charge in [0, 0.05) is 5.92 Å². The molecule has 1 heterocycles. The fourth-order valence-electron chi connectivity index (χ4n) is 2.57. The zero-order chi connectivity index (χ0) is 16.4. The van der Waals surface area contributed by atoms with Gasteiger partial charge < -0.3 is 14.2 Å². The highest BCUT2D eigenvalue weighted by Crippen LogP contribution is 2.35. The molecular weight excluding hydrogens is 274 g/mol. The molecule has 0 unspecified atom stereocenters. The van der Waals surface area contributed by atoms with E-state index < -0.39 is 29.4 Å². The number of amides is 1. The topological polar surface area (TPSA) is 65.1 Å². The summed E-state index contributed by atoms with van der Waals surface area (Å²) >= 11 is 0. The van der Waals surface area contributed by atoms with Crippen molar-refractivity contribution in [1.82, 2.24) is 4.90 Å². The SMILES string of the molecule is CC[C@@H](C)[C@@H](OC(=O)N1C(C)(C)COC1(C)C)C(=O)OC. The first kappa shape index (κ1) is 17.8. The second-order valence-electron chi connectivity index (χ2n) is 6.60. The molecule has 0 N–H and O–H groups in total. The number of rotatable bonds is 4. The van der Waals surface area contributed by atoms with Crippen LogP contribution in [-0.4, -0.2) is 48.0 Å². The van der Waals surface area contributed by atoms with Crippen LogP contribution in [0.2, 0.25) is 0 Å². The van der Waals surface area contributed by atoms with Crippen molar-refractivity contribution in [3.8, 4) is 0 Å². The molecule has 1 aliphatic rings. The van der Waals surface area contributed by atoms with Crippen LogP contribution in [0.1, 0.15) is 48.0 Å². The van der Waals surface area contributed by atoms with Crippen molar-refractivity contribution in [3.05, 3.63) is 0 Å². The normalized spacial score (nSPS) is 22.5. The van der Waals surface area contributed by atoms with E-state index >= 15 is 0 Å². The molecule has 0 saturated carbocycles. The summed E-state index contributed by atoms with van der Waals surface area (Å²) in [6, 6.07) is 0. The van der Waals surface area contributed by atoms with Crippen molar-refractivity contribution in [1.29, 1.82) is 0 Å². The largest absolute Gasteiger partial charge is 0.466 e. The summed E-state index contributed by atoms with van der Waals surface area (Å²) < 4.78 is 15.8. The summed E-state index contributed by atoms with van der Waals surface area (Å²) in [6.07, 6.45) is -0.756. The van der Waals surface area contributed by atoms with Crippen molar-refractivity contribution in [2.24, 2.45) is 5.92 Å². The maximum atomic E-state index is 12.5. The van der Waals surface area contributed by atoms with Crippen molar-refractivity contribution >= 4 is 12.1 Å². The van der Waals surface area contributed by atoms with Crippen LogP contribution in [0.25, 0.3) is 0 Å². The molecule has 6 heteroatoms. The van der Waals surface area contributed by atoms with Gasteiger partial charge in [-0.15, -0.1) is 0 Å². The minimum Gasteiger partial charge on any atom is -0.466 e. The highest BCUT2D eigenvalue weighted by Gasteiger charge is 2.50. The zero-order valence-electron chi connectivity index (χ0n) is 14.1. The van der Waals surface area contributed by atoms with E-state index in [1.165, 1.54) is 7.11 Å². The fourth-order valence-corrected chi connectivity index (χ4v) is 2.57. The van der Waals surface area contributed by atoms with Crippen molar-refractivity contribution in [3.63, 3.8) is 0 Å². The summed E-state index contributed by atoms with van der Waals surface area (Å²) in [7, 11) is 1.29. The number of hydrogen-bond donors (Lipinski definition) is 0. The number of ether oxygens (including phenoxy) is 3. The Morgan fingerprint density at radius 2 is 1.86 bits per heavy atom. The average molecular weight is 301 g/mol. The number of hydrogen-bond acceptors (Lipinski definition) is 5. The summed E-state index contributed by atoms with van der Waals surface area (Å²) in [5.74, 6) is -0.649. The third-order valence-electron chi connectivity index (χ3n) is 3.93. The Morgan fingerprint density at radius 1 is 1.29 bits per heavy atom. The molecule has 0 bridgehead atoms. The number of carbonyl (C=O) groups excluding carboxylic acids is 2. The van der Waals surface area contributed by atoms with E-state index in [1.54, 1.807) is 18.7 Å². The van der Waals surface area contributed by atoms with Gasteiger partial charge in [0.15, 0.2) is 0 Å². The van der Waals surface area contributed by atoms with Gasteiger partial charge in [-0.2, -0.15) is 0 Å². The smallest absolute Gasteiger partial charge is 0.413 e. The molecule has 1 amide bonds. The maximum Gasteiger partial charge on any atom is 0.413 e. The monoisotopic (exact) mass is 301 g/mol. The van der Waals surface area contributed by atoms with Gasteiger partial charge in [-0.3, -0.25) is 4.90 Å². The molecule has 6 nitrogen and oxygen atoms in total. The van der Waals surface area contributed by atoms with Crippen LogP contribution >= 0.6 is 0 Å². The van der Waals surface area contributed by atoms with Crippen LogP contribution in [-0.2, 0) is 19.0 Å². The molecule has 0 radical (unpaired) electrons. The Balaban J connectivity index is 2.93. The average Bonchev–Trinajstić information content (AvgIpc) is 2.62. The highest BCUT2D eigenvalue weighted by atomic mass is 16.6. The minimum absolute atomic E-state index is 0.115. The van der Waals surface area contributed by atoms with Gasteiger partial charge in [-0.05, 0) is 34.1 Å². The van der Waals surface area contributed by atoms with Gasteiger partial charge in [0.25, 0.3) is 0 Å². The molecule has 0 aromatic carbocycles. The molecule has 0 aromatic rings. The molecule has 1 fully saturated rings. The van der Waals surface area contributed by atoms with Gasteiger partial charge in [0.2, 0.25) is 6.10 Å². The van der Waals surface area contributed by atoms with Crippen molar-refractivity contribution in [2.45, 2.75) is 65.3 Å². The second kappa shape index (κ2) is 6.22. The van der Waals surface area contributed by atoms with Crippen LogP contribution < -0.4 is 0 Å². The Bertz CT molecular complexity index is 389. The van der Waals surface area contributed by atoms with Gasteiger partial charge in [-0.1, -0.05) is 13.8 Å². The third-order valence-corrected chi connectivity index (χ3v) is 3.93. The first-order valence-corrected chi connectivity index (χ1v) is 7.29. The molecular formula is C15H27NO5. The second-order valence-corrected chi connectivity index (χ2v) is 6.60. The summed E-state index contributed by atoms with van der Waals surface area (Å²) in [5.41, 5.74) is -1.26. The molecule has 0 spiro atoms. The maximum absolute atomic E-state index is 12.5. The van der Waals surface area contributed by atoms with E-state index in [0.717, 1.165) is 0 Å². The van der Waals surface area contributed by atoms with E-state index in [2.05, 4.69) is 0 Å². The molecule has 1 saturated heterocycles. The third kappa shape index (κ3) is 3.67. The summed E-state index contributed by atoms with van der Waals surface area (Å²) in [4.78, 5) is 25.9. The fraction of sp³-hybridized carbons (Fsp3) is 0.867. The van der Waals surface area contributed by atoms with Gasteiger partial charge in [0.05, 0.1) is 19.3 Å². The summed E-state index contributed by atoms with van der Waals surface area (Å²) in [5, 5.41) is 0. The zero-order valence-corrected chi connectivity index (χ0v) is 14.1. The molecule has 1 aliphatic heterocycles. The van der Waals surface area contributed by atoms with E-state index in [4.69, 9.17) is 14.2 Å². The predicted molar refractivity (Wildman–Crippen MR) is 77.7 cm³/mol. The number of esters is 1. The van der Waals surface area contributed by atoms with E-state index in [1.807, 2.05) is 27.7 Å². The Morgan fingerprint density at radius 3 is 2.24 bits per heavy atom. The van der Waals surface area contributed by atoms with Gasteiger partial charge >= 0.3 is 12.1 Å². The van der Waals surface area contributed by atoms with E-state index in [-0.39, 0.29) is 5.92 Å². The molecule has 0 aromatic heterocycles. The van der Waals surface area contributed by atoms with Gasteiger partial charge in [0.1, 0.15) is 5.72 Å². The van der Waals surface area contributed by atoms with E-state index in [0.29, 0.717) is 13.0 Å². The lowest BCUT2D eigenvalue weighted by Gasteiger charge is -2.37. The van der Waals surface area contributed by atoms with Gasteiger partial charge in [-0.25, -0.2) is 9.59 Å². The number of methoxy groups -OCH3 is 1. The lowest BCUT2D eigenvalue weighted by molar-refractivity contribution is -0.155. The highest BCUT2D eigenvalue weighted by molar-refractivity contribution is 5.79. The van der Waals surface area contributed by atoms with Crippen LogP contribution in [0.15, 0.2) is 0 Å². The first-order chi connectivity index (χ1) is 9.56. The Labute approximate surface area is 126 Å². The molecule has 1 rings (SSSR count). The molecule has 2 atom stereocenters. The van der Waals surface area contributed by atoms with Crippen LogP contribution in [0.4, 0.5) is 4.79 Å². The molecule has 21 heavy (non-hydrogen) atoms. The van der Waals surface area contributed by atoms with Crippen LogP contribution in [0.5, 0.6) is 0 Å². The first-order valence-electron chi connectivity index (χ1n) is 7.29. The predicted octanol–water partition coefficient (Wildman–Crippen LogP) is 2.56. The quantitative estimate of drug-likeness (QED) is 0.747. The Kier molecular flexibility index (Phi) is 5.25. The molecule has 122 valence electrons.